The number of hydrogen-bond acceptors (Lipinski definition) is 5. The molecule has 2 aliphatic rings. The highest BCUT2D eigenvalue weighted by molar-refractivity contribution is 5.81. The summed E-state index contributed by atoms with van der Waals surface area (Å²) in [7, 11) is 0. The van der Waals surface area contributed by atoms with Crippen LogP contribution in [0.25, 0.3) is 11.3 Å². The second-order valence-electron chi connectivity index (χ2n) is 11.6. The number of benzene rings is 2. The molecule has 0 saturated carbocycles. The van der Waals surface area contributed by atoms with E-state index in [1.807, 2.05) is 34.9 Å². The summed E-state index contributed by atoms with van der Waals surface area (Å²) >= 11 is 0. The number of aliphatic hydroxyl groups is 1. The highest BCUT2D eigenvalue weighted by atomic mass is 19.1. The van der Waals surface area contributed by atoms with Crippen LogP contribution in [0.5, 0.6) is 0 Å². The summed E-state index contributed by atoms with van der Waals surface area (Å²) in [5, 5.41) is 13.6. The first-order valence-electron chi connectivity index (χ1n) is 14.8. The summed E-state index contributed by atoms with van der Waals surface area (Å²) in [6.45, 7) is 4.75. The minimum absolute atomic E-state index is 0.0181. The van der Waals surface area contributed by atoms with Gasteiger partial charge < -0.3 is 24.8 Å². The zero-order valence-corrected chi connectivity index (χ0v) is 24.4. The summed E-state index contributed by atoms with van der Waals surface area (Å²) in [6, 6.07) is 12.0. The van der Waals surface area contributed by atoms with E-state index in [1.165, 1.54) is 18.7 Å². The van der Waals surface area contributed by atoms with E-state index in [4.69, 9.17) is 4.98 Å². The molecular formula is C32H38F3N5O3. The SMILES string of the molecule is CC(=O)N1CCC([C@H](c2nc(-c3cc(F)ccc3F)cn2Cc2ccccc2)N(C[C@@H]2CNC[C@@H]2F)C(=O)[C@H](C)O)CC1. The molecule has 2 amide bonds. The molecule has 1 aromatic heterocycles. The molecule has 0 spiro atoms. The number of carbonyl (C=O) groups is 2. The maximum atomic E-state index is 15.0. The van der Waals surface area contributed by atoms with Gasteiger partial charge in [0.15, 0.2) is 0 Å². The molecule has 43 heavy (non-hydrogen) atoms. The van der Waals surface area contributed by atoms with E-state index in [0.29, 0.717) is 44.8 Å². The van der Waals surface area contributed by atoms with Crippen LogP contribution in [-0.4, -0.2) is 81.3 Å². The zero-order valence-electron chi connectivity index (χ0n) is 24.4. The van der Waals surface area contributed by atoms with Gasteiger partial charge in [-0.3, -0.25) is 9.59 Å². The van der Waals surface area contributed by atoms with E-state index >= 15 is 4.39 Å². The molecule has 2 aromatic carbocycles. The number of likely N-dealkylation sites (tertiary alicyclic amines) is 1. The summed E-state index contributed by atoms with van der Waals surface area (Å²) in [6.07, 6.45) is 0.197. The Balaban J connectivity index is 1.65. The Morgan fingerprint density at radius 2 is 1.84 bits per heavy atom. The van der Waals surface area contributed by atoms with Crippen LogP contribution in [0.3, 0.4) is 0 Å². The summed E-state index contributed by atoms with van der Waals surface area (Å²) in [5.74, 6) is -2.13. The predicted octanol–water partition coefficient (Wildman–Crippen LogP) is 3.94. The Morgan fingerprint density at radius 1 is 1.12 bits per heavy atom. The highest BCUT2D eigenvalue weighted by Crippen LogP contribution is 2.38. The first-order valence-corrected chi connectivity index (χ1v) is 14.8. The van der Waals surface area contributed by atoms with E-state index in [9.17, 15) is 23.5 Å². The van der Waals surface area contributed by atoms with Crippen LogP contribution < -0.4 is 5.32 Å². The van der Waals surface area contributed by atoms with Crippen molar-refractivity contribution in [2.75, 3.05) is 32.7 Å². The minimum Gasteiger partial charge on any atom is -0.384 e. The number of piperidine rings is 1. The third-order valence-corrected chi connectivity index (χ3v) is 8.57. The molecule has 3 aromatic rings. The second kappa shape index (κ2) is 13.3. The van der Waals surface area contributed by atoms with Crippen LogP contribution in [0.2, 0.25) is 0 Å². The van der Waals surface area contributed by atoms with E-state index in [0.717, 1.165) is 23.8 Å². The third kappa shape index (κ3) is 6.94. The number of halogens is 3. The fourth-order valence-electron chi connectivity index (χ4n) is 6.24. The lowest BCUT2D eigenvalue weighted by Crippen LogP contribution is -2.49. The molecular weight excluding hydrogens is 559 g/mol. The topological polar surface area (TPSA) is 90.7 Å². The molecule has 2 aliphatic heterocycles. The molecule has 5 rings (SSSR count). The molecule has 0 aliphatic carbocycles. The van der Waals surface area contributed by atoms with Gasteiger partial charge in [-0.1, -0.05) is 30.3 Å². The Bertz CT molecular complexity index is 1420. The maximum absolute atomic E-state index is 15.0. The fraction of sp³-hybridized carbons (Fsp3) is 0.469. The number of nitrogens with zero attached hydrogens (tertiary/aromatic N) is 4. The predicted molar refractivity (Wildman–Crippen MR) is 155 cm³/mol. The number of carbonyl (C=O) groups excluding carboxylic acids is 2. The van der Waals surface area contributed by atoms with E-state index in [1.54, 1.807) is 11.1 Å². The van der Waals surface area contributed by atoms with Gasteiger partial charge in [-0.05, 0) is 49.4 Å². The molecule has 0 bridgehead atoms. The number of nitrogens with one attached hydrogen (secondary N) is 1. The normalized spacial score (nSPS) is 20.7. The average Bonchev–Trinajstić information content (AvgIpc) is 3.59. The van der Waals surface area contributed by atoms with Gasteiger partial charge in [-0.25, -0.2) is 18.2 Å². The van der Waals surface area contributed by atoms with E-state index in [2.05, 4.69) is 5.32 Å². The van der Waals surface area contributed by atoms with Crippen molar-refractivity contribution < 1.29 is 27.9 Å². The highest BCUT2D eigenvalue weighted by Gasteiger charge is 2.41. The van der Waals surface area contributed by atoms with Gasteiger partial charge in [-0.15, -0.1) is 0 Å². The van der Waals surface area contributed by atoms with Gasteiger partial charge in [0.2, 0.25) is 5.91 Å². The summed E-state index contributed by atoms with van der Waals surface area (Å²) in [4.78, 5) is 34.0. The number of aliphatic hydroxyl groups excluding tert-OH is 1. The van der Waals surface area contributed by atoms with Crippen LogP contribution in [0.4, 0.5) is 13.2 Å². The Morgan fingerprint density at radius 3 is 2.47 bits per heavy atom. The molecule has 2 saturated heterocycles. The lowest BCUT2D eigenvalue weighted by Gasteiger charge is -2.42. The molecule has 2 fully saturated rings. The van der Waals surface area contributed by atoms with Crippen LogP contribution in [0.1, 0.15) is 44.1 Å². The van der Waals surface area contributed by atoms with Gasteiger partial charge in [0.25, 0.3) is 5.91 Å². The molecule has 0 radical (unpaired) electrons. The van der Waals surface area contributed by atoms with Crippen LogP contribution >= 0.6 is 0 Å². The standard InChI is InChI=1S/C32H38F3N5O3/c1-20(41)32(43)40(18-24-15-36-16-28(24)35)30(23-10-12-38(13-11-23)21(2)42)31-37-29(26-14-25(33)8-9-27(26)34)19-39(31)17-22-6-4-3-5-7-22/h3-9,14,19-20,23-24,28,30,36,41H,10-13,15-18H2,1-2H3/t20-,24-,28-,30+/m0/s1. The molecule has 4 atom stereocenters. The molecule has 2 N–H and O–H groups in total. The minimum atomic E-state index is -1.36. The van der Waals surface area contributed by atoms with Crippen molar-refractivity contribution in [1.29, 1.82) is 0 Å². The number of hydrogen-bond donors (Lipinski definition) is 2. The molecule has 3 heterocycles. The largest absolute Gasteiger partial charge is 0.384 e. The van der Waals surface area contributed by atoms with Crippen molar-refractivity contribution in [1.82, 2.24) is 24.7 Å². The molecule has 0 unspecified atom stereocenters. The number of amides is 2. The molecule has 230 valence electrons. The Labute approximate surface area is 249 Å². The van der Waals surface area contributed by atoms with Gasteiger partial charge >= 0.3 is 0 Å². The lowest BCUT2D eigenvalue weighted by atomic mass is 9.86. The monoisotopic (exact) mass is 597 g/mol. The fourth-order valence-corrected chi connectivity index (χ4v) is 6.24. The van der Waals surface area contributed by atoms with Crippen molar-refractivity contribution >= 4 is 11.8 Å². The quantitative estimate of drug-likeness (QED) is 0.390. The molecule has 11 heteroatoms. The van der Waals surface area contributed by atoms with Gasteiger partial charge in [-0.2, -0.15) is 0 Å². The summed E-state index contributed by atoms with van der Waals surface area (Å²) < 4.78 is 46.0. The van der Waals surface area contributed by atoms with Crippen molar-refractivity contribution in [2.45, 2.75) is 51.6 Å². The van der Waals surface area contributed by atoms with Crippen LogP contribution in [0, 0.1) is 23.5 Å². The smallest absolute Gasteiger partial charge is 0.251 e. The zero-order chi connectivity index (χ0) is 30.7. The second-order valence-corrected chi connectivity index (χ2v) is 11.6. The van der Waals surface area contributed by atoms with Crippen molar-refractivity contribution in [2.24, 2.45) is 11.8 Å². The van der Waals surface area contributed by atoms with Crippen molar-refractivity contribution in [3.8, 4) is 11.3 Å². The van der Waals surface area contributed by atoms with Gasteiger partial charge in [0, 0.05) is 63.9 Å². The van der Waals surface area contributed by atoms with Crippen molar-refractivity contribution in [3.63, 3.8) is 0 Å². The number of imidazole rings is 1. The van der Waals surface area contributed by atoms with Crippen molar-refractivity contribution in [3.05, 3.63) is 77.8 Å². The Kier molecular flexibility index (Phi) is 9.51. The maximum Gasteiger partial charge on any atom is 0.251 e. The van der Waals surface area contributed by atoms with Crippen LogP contribution in [-0.2, 0) is 16.1 Å². The first kappa shape index (κ1) is 30.7. The Hall–Kier alpha value is -3.70. The summed E-state index contributed by atoms with van der Waals surface area (Å²) in [5.41, 5.74) is 1.11. The number of aromatic nitrogens is 2. The number of alkyl halides is 1. The molecule has 8 nitrogen and oxygen atoms in total. The average molecular weight is 598 g/mol. The van der Waals surface area contributed by atoms with E-state index < -0.39 is 41.8 Å². The van der Waals surface area contributed by atoms with Gasteiger partial charge in [0.05, 0.1) is 11.7 Å². The first-order chi connectivity index (χ1) is 20.6. The van der Waals surface area contributed by atoms with Crippen LogP contribution in [0.15, 0.2) is 54.7 Å². The number of rotatable bonds is 9. The van der Waals surface area contributed by atoms with Gasteiger partial charge in [0.1, 0.15) is 29.7 Å². The lowest BCUT2D eigenvalue weighted by molar-refractivity contribution is -0.145. The third-order valence-electron chi connectivity index (χ3n) is 8.57. The van der Waals surface area contributed by atoms with E-state index in [-0.39, 0.29) is 36.2 Å².